The highest BCUT2D eigenvalue weighted by Gasteiger charge is 2.11. The first-order valence-electron chi connectivity index (χ1n) is 10.4. The van der Waals surface area contributed by atoms with Crippen molar-refractivity contribution in [1.82, 2.24) is 5.32 Å². The Balaban J connectivity index is 1.60. The van der Waals surface area contributed by atoms with Gasteiger partial charge >= 0.3 is 0 Å². The van der Waals surface area contributed by atoms with E-state index in [1.807, 2.05) is 43.3 Å². The summed E-state index contributed by atoms with van der Waals surface area (Å²) >= 11 is 0. The van der Waals surface area contributed by atoms with Crippen LogP contribution < -0.4 is 15.5 Å². The van der Waals surface area contributed by atoms with Crippen LogP contribution in [0, 0.1) is 12.7 Å². The van der Waals surface area contributed by atoms with Crippen LogP contribution in [0.15, 0.2) is 76.7 Å². The zero-order valence-corrected chi connectivity index (χ0v) is 17.6. The van der Waals surface area contributed by atoms with Gasteiger partial charge in [0.1, 0.15) is 5.82 Å². The van der Waals surface area contributed by atoms with E-state index in [0.717, 1.165) is 54.2 Å². The van der Waals surface area contributed by atoms with Crippen molar-refractivity contribution in [3.05, 3.63) is 78.1 Å². The van der Waals surface area contributed by atoms with Crippen LogP contribution in [0.3, 0.4) is 0 Å². The number of anilines is 2. The molecule has 1 aliphatic rings. The van der Waals surface area contributed by atoms with Crippen molar-refractivity contribution in [2.75, 3.05) is 36.4 Å². The van der Waals surface area contributed by atoms with Crippen LogP contribution in [0.1, 0.15) is 5.56 Å². The molecule has 1 fully saturated rings. The average Bonchev–Trinajstić information content (AvgIpc) is 2.81. The number of halogens is 1. The molecular weight excluding hydrogens is 389 g/mol. The number of hydrogen-bond donors (Lipinski definition) is 2. The smallest absolute Gasteiger partial charge is 0.227 e. The topological polar surface area (TPSA) is 52.0 Å². The number of hydrogen-bond acceptors (Lipinski definition) is 3. The van der Waals surface area contributed by atoms with Crippen molar-refractivity contribution in [3.63, 3.8) is 0 Å². The molecule has 3 aromatic rings. The van der Waals surface area contributed by atoms with Crippen LogP contribution in [0.4, 0.5) is 21.5 Å². The molecule has 0 bridgehead atoms. The molecule has 1 heterocycles. The number of nitrogens with zero attached hydrogens (tertiary/aromatic N) is 3. The number of benzene rings is 3. The predicted octanol–water partition coefficient (Wildman–Crippen LogP) is 5.01. The van der Waals surface area contributed by atoms with E-state index >= 15 is 0 Å². The van der Waals surface area contributed by atoms with Gasteiger partial charge in [0.05, 0.1) is 5.69 Å². The Morgan fingerprint density at radius 1 is 1.03 bits per heavy atom. The minimum atomic E-state index is -0.279. The van der Waals surface area contributed by atoms with Gasteiger partial charge in [0, 0.05) is 43.1 Å². The molecule has 4 rings (SSSR count). The van der Waals surface area contributed by atoms with Gasteiger partial charge < -0.3 is 15.5 Å². The van der Waals surface area contributed by atoms with Gasteiger partial charge in [-0.1, -0.05) is 30.3 Å². The van der Waals surface area contributed by atoms with E-state index < -0.39 is 0 Å². The van der Waals surface area contributed by atoms with E-state index in [-0.39, 0.29) is 5.82 Å². The molecule has 31 heavy (non-hydrogen) atoms. The van der Waals surface area contributed by atoms with Crippen molar-refractivity contribution in [2.45, 2.75) is 6.92 Å². The molecule has 1 aliphatic heterocycles. The zero-order chi connectivity index (χ0) is 21.6. The Labute approximate surface area is 182 Å². The second-order valence-electron chi connectivity index (χ2n) is 7.48. The Kier molecular flexibility index (Phi) is 6.38. The Morgan fingerprint density at radius 2 is 1.77 bits per heavy atom. The van der Waals surface area contributed by atoms with Crippen molar-refractivity contribution in [2.24, 2.45) is 9.98 Å². The molecule has 0 spiro atoms. The maximum absolute atomic E-state index is 13.8. The summed E-state index contributed by atoms with van der Waals surface area (Å²) in [5.74, 6) is 0.112. The lowest BCUT2D eigenvalue weighted by atomic mass is 10.0. The fourth-order valence-corrected chi connectivity index (χ4v) is 3.71. The molecule has 1 saturated heterocycles. The summed E-state index contributed by atoms with van der Waals surface area (Å²) in [5.41, 5.74) is 5.40. The number of aryl methyl sites for hydroxylation is 1. The standard InChI is InChI=1S/C25H26FN5/c1-18-5-3-8-23(19-6-4-7-20(26)17-19)24(18)30-25(27-2)29-21-9-11-22(12-10-21)31-15-13-28-14-16-31/h3-12,17,28H,2,13-16H2,1H3,(H,29,30). The van der Waals surface area contributed by atoms with Gasteiger partial charge in [0.25, 0.3) is 0 Å². The van der Waals surface area contributed by atoms with E-state index in [9.17, 15) is 4.39 Å². The number of guanidine groups is 1. The maximum Gasteiger partial charge on any atom is 0.227 e. The lowest BCUT2D eigenvalue weighted by Crippen LogP contribution is -2.43. The molecule has 0 atom stereocenters. The largest absolute Gasteiger partial charge is 0.369 e. The second kappa shape index (κ2) is 9.53. The number of rotatable bonds is 4. The summed E-state index contributed by atoms with van der Waals surface area (Å²) in [6, 6.07) is 20.6. The predicted molar refractivity (Wildman–Crippen MR) is 128 cm³/mol. The molecule has 0 aromatic heterocycles. The molecule has 0 unspecified atom stereocenters. The minimum Gasteiger partial charge on any atom is -0.369 e. The summed E-state index contributed by atoms with van der Waals surface area (Å²) in [5, 5.41) is 6.61. The van der Waals surface area contributed by atoms with E-state index in [2.05, 4.69) is 39.4 Å². The molecule has 0 aliphatic carbocycles. The molecule has 3 aromatic carbocycles. The van der Waals surface area contributed by atoms with E-state index in [0.29, 0.717) is 5.96 Å². The normalized spacial score (nSPS) is 14.4. The van der Waals surface area contributed by atoms with Crippen molar-refractivity contribution in [3.8, 4) is 11.1 Å². The molecule has 6 heteroatoms. The first-order valence-corrected chi connectivity index (χ1v) is 10.4. The van der Waals surface area contributed by atoms with Crippen molar-refractivity contribution in [1.29, 1.82) is 0 Å². The lowest BCUT2D eigenvalue weighted by Gasteiger charge is -2.29. The SMILES string of the molecule is C=N/C(=N\c1c(C)cccc1-c1cccc(F)c1)Nc1ccc(N2CCNCC2)cc1. The monoisotopic (exact) mass is 415 g/mol. The van der Waals surface area contributed by atoms with Gasteiger partial charge in [0.15, 0.2) is 0 Å². The molecule has 2 N–H and O–H groups in total. The highest BCUT2D eigenvalue weighted by atomic mass is 19.1. The highest BCUT2D eigenvalue weighted by Crippen LogP contribution is 2.34. The third-order valence-corrected chi connectivity index (χ3v) is 5.35. The van der Waals surface area contributed by atoms with E-state index in [4.69, 9.17) is 4.99 Å². The van der Waals surface area contributed by atoms with Crippen LogP contribution >= 0.6 is 0 Å². The summed E-state index contributed by atoms with van der Waals surface area (Å²) < 4.78 is 13.8. The van der Waals surface area contributed by atoms with Gasteiger partial charge in [-0.2, -0.15) is 0 Å². The summed E-state index contributed by atoms with van der Waals surface area (Å²) in [7, 11) is 0. The fourth-order valence-electron chi connectivity index (χ4n) is 3.71. The number of piperazine rings is 1. The lowest BCUT2D eigenvalue weighted by molar-refractivity contribution is 0.589. The molecule has 0 amide bonds. The maximum atomic E-state index is 13.8. The molecule has 5 nitrogen and oxygen atoms in total. The second-order valence-corrected chi connectivity index (χ2v) is 7.48. The molecular formula is C25H26FN5. The minimum absolute atomic E-state index is 0.279. The van der Waals surface area contributed by atoms with Gasteiger partial charge in [-0.25, -0.2) is 14.4 Å². The summed E-state index contributed by atoms with van der Waals surface area (Å²) in [4.78, 5) is 11.2. The quantitative estimate of drug-likeness (QED) is 0.465. The van der Waals surface area contributed by atoms with Gasteiger partial charge in [-0.15, -0.1) is 0 Å². The Morgan fingerprint density at radius 3 is 2.48 bits per heavy atom. The number of nitrogens with one attached hydrogen (secondary N) is 2. The first kappa shape index (κ1) is 20.8. The van der Waals surface area contributed by atoms with Gasteiger partial charge in [-0.05, 0) is 61.2 Å². The van der Waals surface area contributed by atoms with Crippen molar-refractivity contribution >= 4 is 29.7 Å². The Hall–Kier alpha value is -3.51. The van der Waals surface area contributed by atoms with Crippen LogP contribution in [0.5, 0.6) is 0 Å². The van der Waals surface area contributed by atoms with Gasteiger partial charge in [-0.3, -0.25) is 0 Å². The molecule has 0 radical (unpaired) electrons. The highest BCUT2D eigenvalue weighted by molar-refractivity contribution is 5.99. The molecule has 158 valence electrons. The molecule has 0 saturated carbocycles. The van der Waals surface area contributed by atoms with Crippen LogP contribution in [0.25, 0.3) is 11.1 Å². The third kappa shape index (κ3) is 4.98. The Bertz CT molecular complexity index is 1090. The summed E-state index contributed by atoms with van der Waals surface area (Å²) in [6.45, 7) is 9.66. The third-order valence-electron chi connectivity index (χ3n) is 5.35. The average molecular weight is 416 g/mol. The van der Waals surface area contributed by atoms with Gasteiger partial charge in [0.2, 0.25) is 5.96 Å². The van der Waals surface area contributed by atoms with Crippen molar-refractivity contribution < 1.29 is 4.39 Å². The number of para-hydroxylation sites is 1. The fraction of sp³-hybridized carbons (Fsp3) is 0.200. The van der Waals surface area contributed by atoms with Crippen LogP contribution in [0.2, 0.25) is 0 Å². The van der Waals surface area contributed by atoms with E-state index in [1.165, 1.54) is 17.8 Å². The van der Waals surface area contributed by atoms with Crippen LogP contribution in [-0.2, 0) is 0 Å². The van der Waals surface area contributed by atoms with E-state index in [1.54, 1.807) is 6.07 Å². The zero-order valence-electron chi connectivity index (χ0n) is 17.6. The number of aliphatic imine (C=N–C) groups is 2. The summed E-state index contributed by atoms with van der Waals surface area (Å²) in [6.07, 6.45) is 0. The van der Waals surface area contributed by atoms with Crippen LogP contribution in [-0.4, -0.2) is 38.9 Å². The first-order chi connectivity index (χ1) is 15.1.